The predicted molar refractivity (Wildman–Crippen MR) is 190 cm³/mol. The molecule has 4 heterocycles. The summed E-state index contributed by atoms with van der Waals surface area (Å²) in [4.78, 5) is 87.1. The Hall–Kier alpha value is -5.63. The number of amides is 6. The predicted octanol–water partition coefficient (Wildman–Crippen LogP) is 3.49. The highest BCUT2D eigenvalue weighted by Crippen LogP contribution is 2.36. The van der Waals surface area contributed by atoms with Crippen molar-refractivity contribution in [3.8, 4) is 5.75 Å². The van der Waals surface area contributed by atoms with Gasteiger partial charge in [-0.25, -0.2) is 4.98 Å². The number of anilines is 1. The van der Waals surface area contributed by atoms with Gasteiger partial charge in [-0.2, -0.15) is 0 Å². The van der Waals surface area contributed by atoms with Gasteiger partial charge in [-0.15, -0.1) is 0 Å². The van der Waals surface area contributed by atoms with Crippen LogP contribution in [0.1, 0.15) is 84.8 Å². The van der Waals surface area contributed by atoms with Crippen LogP contribution in [0.15, 0.2) is 60.2 Å². The molecule has 7 rings (SSSR count). The van der Waals surface area contributed by atoms with E-state index in [-0.39, 0.29) is 42.9 Å². The fourth-order valence-corrected chi connectivity index (χ4v) is 7.45. The highest BCUT2D eigenvalue weighted by molar-refractivity contribution is 6.23. The van der Waals surface area contributed by atoms with Crippen molar-refractivity contribution in [3.05, 3.63) is 77.2 Å². The van der Waals surface area contributed by atoms with E-state index in [0.29, 0.717) is 42.3 Å². The van der Waals surface area contributed by atoms with Crippen molar-refractivity contribution in [2.45, 2.75) is 76.9 Å². The largest absolute Gasteiger partial charge is 0.494 e. The van der Waals surface area contributed by atoms with Gasteiger partial charge in [0.15, 0.2) is 0 Å². The Morgan fingerprint density at radius 2 is 1.88 bits per heavy atom. The number of rotatable bonds is 12. The standard InChI is InChI=1S/C38H41N7O7/c1-22-5-4-17-44(22)21-31-41-28-9-6-24(19-29(28)42-31)40-33(47)23-12-15-38(16-13-23,37(39)51)14-2-3-18-52-25-7-8-26-27(20-25)36(50)45(35(26)49)30-10-11-32(46)43-34(30)48/h6-9,12-13,15,19-20,22,30H,2-5,10-11,14,16-18,21H2,1H3,(H2,39,51)(H,40,47)(H,41,42)(H,43,46,48)/t22-,30?,38?/m0/s1. The van der Waals surface area contributed by atoms with Crippen LogP contribution < -0.4 is 21.1 Å². The number of carbonyl (C=O) groups is 6. The van der Waals surface area contributed by atoms with Crippen molar-refractivity contribution in [1.29, 1.82) is 0 Å². The second kappa shape index (κ2) is 14.2. The molecule has 2 aromatic carbocycles. The van der Waals surface area contributed by atoms with Gasteiger partial charge < -0.3 is 20.8 Å². The summed E-state index contributed by atoms with van der Waals surface area (Å²) in [7, 11) is 0. The molecule has 0 bridgehead atoms. The minimum Gasteiger partial charge on any atom is -0.494 e. The fraction of sp³-hybridized carbons (Fsp3) is 0.395. The second-order valence-electron chi connectivity index (χ2n) is 14.0. The second-order valence-corrected chi connectivity index (χ2v) is 14.0. The molecule has 2 unspecified atom stereocenters. The zero-order valence-corrected chi connectivity index (χ0v) is 28.9. The van der Waals surface area contributed by atoms with Crippen molar-refractivity contribution < 1.29 is 33.5 Å². The van der Waals surface area contributed by atoms with E-state index in [4.69, 9.17) is 15.5 Å². The number of hydrogen-bond acceptors (Lipinski definition) is 9. The average molecular weight is 708 g/mol. The van der Waals surface area contributed by atoms with E-state index in [1.165, 1.54) is 25.0 Å². The van der Waals surface area contributed by atoms with E-state index in [9.17, 15) is 28.8 Å². The van der Waals surface area contributed by atoms with Gasteiger partial charge in [-0.05, 0) is 94.8 Å². The van der Waals surface area contributed by atoms with Crippen molar-refractivity contribution in [2.75, 3.05) is 18.5 Å². The summed E-state index contributed by atoms with van der Waals surface area (Å²) in [5, 5.41) is 5.13. The topological polar surface area (TPSA) is 197 Å². The summed E-state index contributed by atoms with van der Waals surface area (Å²) in [6.07, 6.45) is 9.50. The van der Waals surface area contributed by atoms with E-state index in [1.54, 1.807) is 24.3 Å². The zero-order valence-electron chi connectivity index (χ0n) is 28.9. The van der Waals surface area contributed by atoms with Crippen molar-refractivity contribution >= 4 is 52.2 Å². The maximum absolute atomic E-state index is 13.2. The number of benzene rings is 2. The smallest absolute Gasteiger partial charge is 0.262 e. The fourth-order valence-electron chi connectivity index (χ4n) is 7.45. The van der Waals surface area contributed by atoms with Crippen LogP contribution in [0.4, 0.5) is 5.69 Å². The first-order valence-corrected chi connectivity index (χ1v) is 17.7. The van der Waals surface area contributed by atoms with E-state index in [2.05, 4.69) is 27.4 Å². The molecule has 2 fully saturated rings. The molecule has 270 valence electrons. The van der Waals surface area contributed by atoms with Gasteiger partial charge in [-0.1, -0.05) is 18.2 Å². The van der Waals surface area contributed by atoms with E-state index >= 15 is 0 Å². The van der Waals surface area contributed by atoms with Crippen LogP contribution in [0.2, 0.25) is 0 Å². The minimum absolute atomic E-state index is 0.0430. The van der Waals surface area contributed by atoms with Gasteiger partial charge >= 0.3 is 0 Å². The molecule has 3 aromatic rings. The third kappa shape index (κ3) is 6.85. The number of fused-ring (bicyclic) bond motifs is 2. The third-order valence-corrected chi connectivity index (χ3v) is 10.6. The van der Waals surface area contributed by atoms with Gasteiger partial charge in [-0.3, -0.25) is 43.9 Å². The molecule has 0 spiro atoms. The van der Waals surface area contributed by atoms with Crippen LogP contribution in [-0.2, 0) is 25.7 Å². The molecule has 1 aliphatic carbocycles. The number of allylic oxidation sites excluding steroid dienone is 1. The number of piperidine rings is 1. The summed E-state index contributed by atoms with van der Waals surface area (Å²) in [6.45, 7) is 4.34. The van der Waals surface area contributed by atoms with E-state index in [0.717, 1.165) is 34.8 Å². The lowest BCUT2D eigenvalue weighted by Gasteiger charge is -2.29. The number of aromatic nitrogens is 2. The average Bonchev–Trinajstić information content (AvgIpc) is 3.79. The van der Waals surface area contributed by atoms with Crippen molar-refractivity contribution in [1.82, 2.24) is 25.1 Å². The summed E-state index contributed by atoms with van der Waals surface area (Å²) < 4.78 is 5.87. The summed E-state index contributed by atoms with van der Waals surface area (Å²) >= 11 is 0. The van der Waals surface area contributed by atoms with Crippen LogP contribution in [0.25, 0.3) is 11.0 Å². The number of aromatic amines is 1. The molecule has 3 aliphatic heterocycles. The molecule has 4 aliphatic rings. The van der Waals surface area contributed by atoms with Crippen LogP contribution in [0, 0.1) is 5.41 Å². The Bertz CT molecular complexity index is 2050. The number of nitrogens with one attached hydrogen (secondary N) is 3. The molecule has 52 heavy (non-hydrogen) atoms. The number of likely N-dealkylation sites (tertiary alicyclic amines) is 1. The van der Waals surface area contributed by atoms with Crippen LogP contribution in [0.5, 0.6) is 5.75 Å². The lowest BCUT2D eigenvalue weighted by Crippen LogP contribution is -2.54. The number of nitrogens with two attached hydrogens (primary N) is 1. The molecule has 14 nitrogen and oxygen atoms in total. The number of nitrogens with zero attached hydrogens (tertiary/aromatic N) is 3. The van der Waals surface area contributed by atoms with Gasteiger partial charge in [0.2, 0.25) is 17.7 Å². The number of H-pyrrole nitrogens is 1. The van der Waals surface area contributed by atoms with Crippen LogP contribution in [-0.4, -0.2) is 80.4 Å². The van der Waals surface area contributed by atoms with Crippen LogP contribution in [0.3, 0.4) is 0 Å². The van der Waals surface area contributed by atoms with Gasteiger partial charge in [0.1, 0.15) is 17.6 Å². The highest BCUT2D eigenvalue weighted by Gasteiger charge is 2.44. The Morgan fingerprint density at radius 1 is 1.06 bits per heavy atom. The number of hydrogen-bond donors (Lipinski definition) is 4. The van der Waals surface area contributed by atoms with Crippen molar-refractivity contribution in [3.63, 3.8) is 0 Å². The van der Waals surface area contributed by atoms with E-state index < -0.39 is 41.0 Å². The molecule has 14 heteroatoms. The number of primary amides is 1. The normalized spacial score (nSPS) is 23.2. The highest BCUT2D eigenvalue weighted by atomic mass is 16.5. The monoisotopic (exact) mass is 707 g/mol. The molecule has 2 saturated heterocycles. The number of imidazole rings is 1. The Balaban J connectivity index is 0.896. The quantitative estimate of drug-likeness (QED) is 0.161. The third-order valence-electron chi connectivity index (χ3n) is 10.6. The molecular formula is C38H41N7O7. The Kier molecular flexibility index (Phi) is 9.49. The summed E-state index contributed by atoms with van der Waals surface area (Å²) in [6, 6.07) is 9.64. The van der Waals surface area contributed by atoms with E-state index in [1.807, 2.05) is 18.2 Å². The van der Waals surface area contributed by atoms with Gasteiger partial charge in [0.25, 0.3) is 17.7 Å². The maximum Gasteiger partial charge on any atom is 0.262 e. The number of ether oxygens (including phenoxy) is 1. The molecule has 1 aromatic heterocycles. The molecule has 6 amide bonds. The number of unbranched alkanes of at least 4 members (excludes halogenated alkanes) is 1. The molecule has 0 saturated carbocycles. The first kappa shape index (κ1) is 34.8. The van der Waals surface area contributed by atoms with Crippen molar-refractivity contribution in [2.24, 2.45) is 11.1 Å². The number of imide groups is 2. The van der Waals surface area contributed by atoms with Crippen LogP contribution >= 0.6 is 0 Å². The first-order valence-electron chi connectivity index (χ1n) is 17.7. The number of carbonyl (C=O) groups excluding carboxylic acids is 6. The molecular weight excluding hydrogens is 666 g/mol. The lowest BCUT2D eigenvalue weighted by atomic mass is 9.75. The molecule has 3 atom stereocenters. The zero-order chi connectivity index (χ0) is 36.6. The SMILES string of the molecule is C[C@H]1CCCN1Cc1nc2ccc(NC(=O)C3=CCC(CCCCOc4ccc5c(c4)C(=O)N(C4CCC(=O)NC4=O)C5=O)(C(N)=O)C=C3)cc2[nH]1. The van der Waals surface area contributed by atoms with Gasteiger partial charge in [0.05, 0.1) is 40.7 Å². The maximum atomic E-state index is 13.2. The summed E-state index contributed by atoms with van der Waals surface area (Å²) in [5.41, 5.74) is 7.98. The van der Waals surface area contributed by atoms with Gasteiger partial charge in [0, 0.05) is 23.7 Å². The minimum atomic E-state index is -1.04. The molecule has 0 radical (unpaired) electrons. The summed E-state index contributed by atoms with van der Waals surface area (Å²) in [5.74, 6) is -1.78. The Morgan fingerprint density at radius 3 is 2.62 bits per heavy atom. The Labute approximate surface area is 299 Å². The molecule has 5 N–H and O–H groups in total. The lowest BCUT2D eigenvalue weighted by molar-refractivity contribution is -0.136. The first-order chi connectivity index (χ1) is 25.0.